The number of hydrogen-bond donors (Lipinski definition) is 1. The third kappa shape index (κ3) is 2.70. The van der Waals surface area contributed by atoms with E-state index >= 15 is 0 Å². The van der Waals surface area contributed by atoms with E-state index < -0.39 is 12.1 Å². The molecule has 4 nitrogen and oxygen atoms in total. The largest absolute Gasteiger partial charge is 0.448 e. The highest BCUT2D eigenvalue weighted by atomic mass is 16.5. The number of cyclic esters (lactones) is 1. The average molecular weight is 355 g/mol. The molecule has 2 aliphatic rings. The van der Waals surface area contributed by atoms with Gasteiger partial charge in [0.2, 0.25) is 0 Å². The summed E-state index contributed by atoms with van der Waals surface area (Å²) in [5.41, 5.74) is 7.07. The molecule has 0 unspecified atom stereocenters. The van der Waals surface area contributed by atoms with Gasteiger partial charge in [-0.15, -0.1) is 0 Å². The van der Waals surface area contributed by atoms with Crippen LogP contribution in [0.15, 0.2) is 66.7 Å². The second kappa shape index (κ2) is 6.09. The van der Waals surface area contributed by atoms with Gasteiger partial charge in [-0.3, -0.25) is 4.79 Å². The van der Waals surface area contributed by atoms with Crippen molar-refractivity contribution in [2.24, 2.45) is 0 Å². The van der Waals surface area contributed by atoms with Crippen molar-refractivity contribution in [2.75, 3.05) is 5.32 Å². The van der Waals surface area contributed by atoms with Gasteiger partial charge < -0.3 is 10.1 Å². The van der Waals surface area contributed by atoms with Crippen LogP contribution in [0, 0.1) is 0 Å². The Balaban J connectivity index is 1.35. The van der Waals surface area contributed by atoms with Gasteiger partial charge in [-0.25, -0.2) is 4.79 Å². The summed E-state index contributed by atoms with van der Waals surface area (Å²) in [4.78, 5) is 24.8. The van der Waals surface area contributed by atoms with Crippen LogP contribution < -0.4 is 5.32 Å². The molecule has 1 N–H and O–H groups in total. The van der Waals surface area contributed by atoms with Gasteiger partial charge in [0.05, 0.1) is 5.56 Å². The fraction of sp³-hybridized carbons (Fsp3) is 0.130. The smallest absolute Gasteiger partial charge is 0.339 e. The van der Waals surface area contributed by atoms with Gasteiger partial charge in [0.1, 0.15) is 0 Å². The molecule has 1 amide bonds. The van der Waals surface area contributed by atoms with E-state index in [1.807, 2.05) is 42.5 Å². The summed E-state index contributed by atoms with van der Waals surface area (Å²) in [6.45, 7) is 0. The van der Waals surface area contributed by atoms with Crippen LogP contribution in [-0.4, -0.2) is 18.0 Å². The minimum Gasteiger partial charge on any atom is -0.448 e. The zero-order chi connectivity index (χ0) is 18.4. The quantitative estimate of drug-likeness (QED) is 0.554. The third-order valence-corrected chi connectivity index (χ3v) is 5.25. The summed E-state index contributed by atoms with van der Waals surface area (Å²) in [5, 5.41) is 2.90. The van der Waals surface area contributed by atoms with Crippen molar-refractivity contribution >= 4 is 17.6 Å². The molecule has 4 heteroatoms. The number of rotatable bonds is 2. The summed E-state index contributed by atoms with van der Waals surface area (Å²) in [7, 11) is 0. The van der Waals surface area contributed by atoms with E-state index in [2.05, 4.69) is 17.4 Å². The number of nitrogens with one attached hydrogen (secondary N) is 1. The normalized spacial score (nSPS) is 16.7. The predicted octanol–water partition coefficient (Wildman–Crippen LogP) is 3.98. The van der Waals surface area contributed by atoms with Gasteiger partial charge in [0.25, 0.3) is 5.91 Å². The Morgan fingerprint density at radius 1 is 0.852 bits per heavy atom. The summed E-state index contributed by atoms with van der Waals surface area (Å²) >= 11 is 0. The molecule has 3 aromatic rings. The molecule has 132 valence electrons. The Kier molecular flexibility index (Phi) is 3.57. The molecule has 0 spiro atoms. The summed E-state index contributed by atoms with van der Waals surface area (Å²) in [5.74, 6) is -0.741. The van der Waals surface area contributed by atoms with E-state index in [1.165, 1.54) is 22.3 Å². The van der Waals surface area contributed by atoms with Crippen LogP contribution in [0.4, 0.5) is 5.69 Å². The molecule has 1 aliphatic heterocycles. The molecule has 1 heterocycles. The zero-order valence-corrected chi connectivity index (χ0v) is 14.6. The van der Waals surface area contributed by atoms with Crippen LogP contribution in [-0.2, 0) is 22.4 Å². The lowest BCUT2D eigenvalue weighted by Gasteiger charge is -2.23. The first kappa shape index (κ1) is 15.8. The van der Waals surface area contributed by atoms with E-state index in [0.717, 1.165) is 17.7 Å². The Hall–Kier alpha value is -3.40. The molecule has 0 bridgehead atoms. The van der Waals surface area contributed by atoms with Crippen LogP contribution in [0.2, 0.25) is 0 Å². The van der Waals surface area contributed by atoms with Gasteiger partial charge in [-0.1, -0.05) is 48.5 Å². The number of fused-ring (bicyclic) bond motifs is 4. The van der Waals surface area contributed by atoms with Crippen molar-refractivity contribution in [1.82, 2.24) is 0 Å². The number of anilines is 1. The molecule has 3 aromatic carbocycles. The SMILES string of the molecule is O=C1O[C@@H](C(=O)Nc2ccc3c(c2)Cc2ccccc2-3)Cc2ccccc21. The van der Waals surface area contributed by atoms with Gasteiger partial charge in [0, 0.05) is 12.1 Å². The molecule has 0 radical (unpaired) electrons. The molecule has 0 fully saturated rings. The number of amides is 1. The molecular formula is C23H17NO3. The fourth-order valence-electron chi connectivity index (χ4n) is 3.92. The van der Waals surface area contributed by atoms with Crippen LogP contribution in [0.1, 0.15) is 27.0 Å². The number of esters is 1. The number of benzene rings is 3. The molecule has 0 saturated heterocycles. The first-order valence-corrected chi connectivity index (χ1v) is 9.00. The van der Waals surface area contributed by atoms with Crippen molar-refractivity contribution < 1.29 is 14.3 Å². The first-order valence-electron chi connectivity index (χ1n) is 9.00. The minimum atomic E-state index is -0.808. The fourth-order valence-corrected chi connectivity index (χ4v) is 3.92. The van der Waals surface area contributed by atoms with Crippen LogP contribution in [0.3, 0.4) is 0 Å². The Bertz CT molecular complexity index is 1090. The molecule has 1 atom stereocenters. The zero-order valence-electron chi connectivity index (χ0n) is 14.6. The lowest BCUT2D eigenvalue weighted by Crippen LogP contribution is -2.37. The summed E-state index contributed by atoms with van der Waals surface area (Å²) in [6, 6.07) is 21.5. The second-order valence-corrected chi connectivity index (χ2v) is 6.95. The Labute approximate surface area is 156 Å². The van der Waals surface area contributed by atoms with E-state index in [1.54, 1.807) is 12.1 Å². The first-order chi connectivity index (χ1) is 13.2. The highest BCUT2D eigenvalue weighted by Crippen LogP contribution is 2.37. The lowest BCUT2D eigenvalue weighted by atomic mass is 9.98. The monoisotopic (exact) mass is 355 g/mol. The topological polar surface area (TPSA) is 55.4 Å². The number of carbonyl (C=O) groups is 2. The maximum atomic E-state index is 12.7. The number of ether oxygens (including phenoxy) is 1. The Morgan fingerprint density at radius 3 is 2.41 bits per heavy atom. The lowest BCUT2D eigenvalue weighted by molar-refractivity contribution is -0.125. The standard InChI is InChI=1S/C23H17NO3/c25-22(21-13-15-6-2-4-8-20(15)23(26)27-21)24-17-9-10-19-16(12-17)11-14-5-1-3-7-18(14)19/h1-10,12,21H,11,13H2,(H,24,25)/t21-/m1/s1. The highest BCUT2D eigenvalue weighted by molar-refractivity contribution is 6.00. The van der Waals surface area contributed by atoms with Gasteiger partial charge in [-0.05, 0) is 52.4 Å². The average Bonchev–Trinajstić information content (AvgIpc) is 3.05. The number of hydrogen-bond acceptors (Lipinski definition) is 3. The van der Waals surface area contributed by atoms with Crippen molar-refractivity contribution in [3.05, 3.63) is 89.0 Å². The van der Waals surface area contributed by atoms with Crippen molar-refractivity contribution in [3.8, 4) is 11.1 Å². The molecule has 1 aliphatic carbocycles. The maximum Gasteiger partial charge on any atom is 0.339 e. The van der Waals surface area contributed by atoms with Crippen LogP contribution >= 0.6 is 0 Å². The maximum absolute atomic E-state index is 12.7. The predicted molar refractivity (Wildman–Crippen MR) is 103 cm³/mol. The molecule has 0 saturated carbocycles. The second-order valence-electron chi connectivity index (χ2n) is 6.95. The summed E-state index contributed by atoms with van der Waals surface area (Å²) < 4.78 is 5.34. The minimum absolute atomic E-state index is 0.298. The highest BCUT2D eigenvalue weighted by Gasteiger charge is 2.31. The van der Waals surface area contributed by atoms with E-state index in [-0.39, 0.29) is 5.91 Å². The van der Waals surface area contributed by atoms with Crippen molar-refractivity contribution in [3.63, 3.8) is 0 Å². The van der Waals surface area contributed by atoms with E-state index in [9.17, 15) is 9.59 Å². The molecule has 27 heavy (non-hydrogen) atoms. The van der Waals surface area contributed by atoms with Crippen molar-refractivity contribution in [1.29, 1.82) is 0 Å². The van der Waals surface area contributed by atoms with Crippen LogP contribution in [0.5, 0.6) is 0 Å². The van der Waals surface area contributed by atoms with Gasteiger partial charge in [0.15, 0.2) is 6.10 Å². The van der Waals surface area contributed by atoms with Crippen molar-refractivity contribution in [2.45, 2.75) is 18.9 Å². The molecular weight excluding hydrogens is 338 g/mol. The third-order valence-electron chi connectivity index (χ3n) is 5.25. The Morgan fingerprint density at radius 2 is 1.56 bits per heavy atom. The number of carbonyl (C=O) groups excluding carboxylic acids is 2. The molecule has 5 rings (SSSR count). The van der Waals surface area contributed by atoms with Gasteiger partial charge in [-0.2, -0.15) is 0 Å². The summed E-state index contributed by atoms with van der Waals surface area (Å²) in [6.07, 6.45) is 0.448. The van der Waals surface area contributed by atoms with E-state index in [4.69, 9.17) is 4.74 Å². The van der Waals surface area contributed by atoms with Gasteiger partial charge >= 0.3 is 5.97 Å². The van der Waals surface area contributed by atoms with Crippen LogP contribution in [0.25, 0.3) is 11.1 Å². The van der Waals surface area contributed by atoms with E-state index in [0.29, 0.717) is 12.0 Å². The molecule has 0 aromatic heterocycles.